The third-order valence-corrected chi connectivity index (χ3v) is 2.66. The summed E-state index contributed by atoms with van der Waals surface area (Å²) in [5.74, 6) is -0.813. The van der Waals surface area contributed by atoms with Gasteiger partial charge >= 0.3 is 6.09 Å². The maximum absolute atomic E-state index is 13.0. The largest absolute Gasteiger partial charge is 0.478 e. The second-order valence-electron chi connectivity index (χ2n) is 4.10. The molecule has 104 valence electrons. The van der Waals surface area contributed by atoms with Crippen LogP contribution in [0.2, 0.25) is 0 Å². The van der Waals surface area contributed by atoms with Crippen molar-refractivity contribution in [1.29, 1.82) is 5.26 Å². The van der Waals surface area contributed by atoms with Crippen LogP contribution in [0.1, 0.15) is 6.42 Å². The zero-order valence-corrected chi connectivity index (χ0v) is 10.1. The monoisotopic (exact) mass is 279 g/mol. The number of ether oxygens (including phenoxy) is 1. The number of nitriles is 1. The Hall–Kier alpha value is -2.82. The summed E-state index contributed by atoms with van der Waals surface area (Å²) in [7, 11) is 0. The van der Waals surface area contributed by atoms with Crippen LogP contribution in [0.3, 0.4) is 0 Å². The van der Waals surface area contributed by atoms with E-state index in [1.54, 1.807) is 6.07 Å². The minimum Gasteiger partial charge on any atom is -0.478 e. The number of benzene rings is 1. The summed E-state index contributed by atoms with van der Waals surface area (Å²) in [6.45, 7) is 0. The highest BCUT2D eigenvalue weighted by atomic mass is 19.1. The van der Waals surface area contributed by atoms with Crippen LogP contribution < -0.4 is 15.4 Å². The Labute approximate surface area is 113 Å². The number of amides is 2. The Balaban J connectivity index is 2.11. The molecule has 2 atom stereocenters. The highest BCUT2D eigenvalue weighted by molar-refractivity contribution is 5.97. The van der Waals surface area contributed by atoms with Crippen molar-refractivity contribution >= 4 is 17.7 Å². The second-order valence-corrected chi connectivity index (χ2v) is 4.10. The maximum atomic E-state index is 13.0. The van der Waals surface area contributed by atoms with Crippen LogP contribution in [0, 0.1) is 17.1 Å². The molecule has 1 aromatic carbocycles. The Morgan fingerprint density at radius 1 is 1.65 bits per heavy atom. The fourth-order valence-corrected chi connectivity index (χ4v) is 1.78. The van der Waals surface area contributed by atoms with Gasteiger partial charge in [0.1, 0.15) is 17.6 Å². The van der Waals surface area contributed by atoms with Crippen molar-refractivity contribution in [1.82, 2.24) is 5.32 Å². The predicted octanol–water partition coefficient (Wildman–Crippen LogP) is 1.08. The number of hydrogen-bond acceptors (Lipinski definition) is 4. The minimum atomic E-state index is -1.37. The molecule has 8 heteroatoms. The van der Waals surface area contributed by atoms with Gasteiger partial charge in [-0.1, -0.05) is 0 Å². The quantitative estimate of drug-likeness (QED) is 0.766. The number of anilines is 1. The van der Waals surface area contributed by atoms with Gasteiger partial charge in [0.05, 0.1) is 11.8 Å². The molecule has 1 aromatic rings. The molecule has 1 aliphatic heterocycles. The number of fused-ring (bicyclic) bond motifs is 1. The molecule has 0 aliphatic carbocycles. The summed E-state index contributed by atoms with van der Waals surface area (Å²) in [6.07, 6.45) is -2.54. The normalized spacial score (nSPS) is 18.0. The molecule has 2 amide bonds. The number of nitrogens with one attached hydrogen (secondary N) is 2. The molecule has 3 N–H and O–H groups in total. The summed E-state index contributed by atoms with van der Waals surface area (Å²) in [5, 5.41) is 21.8. The SMILES string of the molecule is N#C[C@H](CC1Oc2ccc(F)cc2NC1=O)NC(=O)O. The van der Waals surface area contributed by atoms with E-state index in [0.717, 1.165) is 6.07 Å². The number of nitrogens with zero attached hydrogens (tertiary/aromatic N) is 1. The number of rotatable bonds is 3. The zero-order valence-electron chi connectivity index (χ0n) is 10.1. The fraction of sp³-hybridized carbons (Fsp3) is 0.250. The number of hydrogen-bond donors (Lipinski definition) is 3. The van der Waals surface area contributed by atoms with Crippen LogP contribution >= 0.6 is 0 Å². The molecular formula is C12H10FN3O4. The fourth-order valence-electron chi connectivity index (χ4n) is 1.78. The van der Waals surface area contributed by atoms with E-state index in [0.29, 0.717) is 0 Å². The first-order valence-corrected chi connectivity index (χ1v) is 5.65. The summed E-state index contributed by atoms with van der Waals surface area (Å²) >= 11 is 0. The van der Waals surface area contributed by atoms with E-state index in [1.165, 1.54) is 12.1 Å². The van der Waals surface area contributed by atoms with Gasteiger partial charge in [-0.2, -0.15) is 5.26 Å². The van der Waals surface area contributed by atoms with Crippen molar-refractivity contribution in [3.8, 4) is 11.8 Å². The smallest absolute Gasteiger partial charge is 0.405 e. The Morgan fingerprint density at radius 2 is 2.40 bits per heavy atom. The van der Waals surface area contributed by atoms with Gasteiger partial charge in [0.2, 0.25) is 0 Å². The van der Waals surface area contributed by atoms with Crippen LogP contribution in [0.15, 0.2) is 18.2 Å². The van der Waals surface area contributed by atoms with Crippen molar-refractivity contribution in [2.24, 2.45) is 0 Å². The van der Waals surface area contributed by atoms with Gasteiger partial charge in [-0.15, -0.1) is 0 Å². The van der Waals surface area contributed by atoms with Crippen LogP contribution in [0.4, 0.5) is 14.9 Å². The van der Waals surface area contributed by atoms with Gasteiger partial charge < -0.3 is 20.5 Å². The first-order chi connectivity index (χ1) is 9.49. The zero-order chi connectivity index (χ0) is 14.7. The van der Waals surface area contributed by atoms with E-state index < -0.39 is 30.0 Å². The Bertz CT molecular complexity index is 599. The first kappa shape index (κ1) is 13.6. The number of carbonyl (C=O) groups excluding carboxylic acids is 1. The van der Waals surface area contributed by atoms with Gasteiger partial charge in [-0.05, 0) is 12.1 Å². The predicted molar refractivity (Wildman–Crippen MR) is 64.6 cm³/mol. The second kappa shape index (κ2) is 5.44. The van der Waals surface area contributed by atoms with Gasteiger partial charge in [0.15, 0.2) is 6.10 Å². The molecule has 1 heterocycles. The van der Waals surface area contributed by atoms with Gasteiger partial charge in [0.25, 0.3) is 5.91 Å². The topological polar surface area (TPSA) is 111 Å². The number of carbonyl (C=O) groups is 2. The van der Waals surface area contributed by atoms with Crippen LogP contribution in [0.25, 0.3) is 0 Å². The molecule has 1 aliphatic rings. The molecule has 0 saturated carbocycles. The lowest BCUT2D eigenvalue weighted by Crippen LogP contribution is -2.43. The third kappa shape index (κ3) is 2.95. The maximum Gasteiger partial charge on any atom is 0.405 e. The highest BCUT2D eigenvalue weighted by Crippen LogP contribution is 2.31. The van der Waals surface area contributed by atoms with Crippen molar-refractivity contribution < 1.29 is 23.8 Å². The molecule has 0 bridgehead atoms. The van der Waals surface area contributed by atoms with E-state index in [-0.39, 0.29) is 17.9 Å². The lowest BCUT2D eigenvalue weighted by molar-refractivity contribution is -0.123. The molecule has 7 nitrogen and oxygen atoms in total. The molecule has 2 rings (SSSR count). The molecule has 1 unspecified atom stereocenters. The minimum absolute atomic E-state index is 0.147. The molecule has 0 fully saturated rings. The Kier molecular flexibility index (Phi) is 3.70. The molecule has 20 heavy (non-hydrogen) atoms. The van der Waals surface area contributed by atoms with Crippen LogP contribution in [0.5, 0.6) is 5.75 Å². The van der Waals surface area contributed by atoms with Gasteiger partial charge in [-0.25, -0.2) is 9.18 Å². The van der Waals surface area contributed by atoms with Gasteiger partial charge in [-0.3, -0.25) is 4.79 Å². The lowest BCUT2D eigenvalue weighted by atomic mass is 10.1. The van der Waals surface area contributed by atoms with E-state index >= 15 is 0 Å². The molecule has 0 aromatic heterocycles. The average Bonchev–Trinajstić information content (AvgIpc) is 2.38. The number of carboxylic acid groups (broad SMARTS) is 1. The number of halogens is 1. The van der Waals surface area contributed by atoms with Crippen LogP contribution in [-0.2, 0) is 4.79 Å². The summed E-state index contributed by atoms with van der Waals surface area (Å²) in [5.41, 5.74) is 0.200. The van der Waals surface area contributed by atoms with Crippen molar-refractivity contribution in [3.05, 3.63) is 24.0 Å². The van der Waals surface area contributed by atoms with Gasteiger partial charge in [0, 0.05) is 12.5 Å². The molecule has 0 saturated heterocycles. The third-order valence-electron chi connectivity index (χ3n) is 2.66. The summed E-state index contributed by atoms with van der Waals surface area (Å²) in [6, 6.07) is 4.28. The van der Waals surface area contributed by atoms with E-state index in [4.69, 9.17) is 15.1 Å². The van der Waals surface area contributed by atoms with E-state index in [1.807, 2.05) is 5.32 Å². The highest BCUT2D eigenvalue weighted by Gasteiger charge is 2.31. The van der Waals surface area contributed by atoms with Crippen LogP contribution in [-0.4, -0.2) is 29.3 Å². The summed E-state index contributed by atoms with van der Waals surface area (Å²) in [4.78, 5) is 22.2. The van der Waals surface area contributed by atoms with Crippen molar-refractivity contribution in [2.75, 3.05) is 5.32 Å². The Morgan fingerprint density at radius 3 is 3.05 bits per heavy atom. The molecular weight excluding hydrogens is 269 g/mol. The molecule has 0 spiro atoms. The van der Waals surface area contributed by atoms with E-state index in [2.05, 4.69) is 5.32 Å². The first-order valence-electron chi connectivity index (χ1n) is 5.65. The lowest BCUT2D eigenvalue weighted by Gasteiger charge is -2.26. The average molecular weight is 279 g/mol. The van der Waals surface area contributed by atoms with Crippen molar-refractivity contribution in [3.63, 3.8) is 0 Å². The summed E-state index contributed by atoms with van der Waals surface area (Å²) < 4.78 is 18.4. The molecule has 0 radical (unpaired) electrons. The van der Waals surface area contributed by atoms with Crippen molar-refractivity contribution in [2.45, 2.75) is 18.6 Å². The van der Waals surface area contributed by atoms with E-state index in [9.17, 15) is 14.0 Å². The standard InChI is InChI=1S/C12H10FN3O4/c13-6-1-2-9-8(3-6)16-11(17)10(20-9)4-7(5-14)15-12(18)19/h1-3,7,10,15H,4H2,(H,16,17)(H,18,19)/t7-,10?/m0/s1.